The van der Waals surface area contributed by atoms with Crippen molar-refractivity contribution in [3.8, 4) is 11.1 Å². The summed E-state index contributed by atoms with van der Waals surface area (Å²) in [6.07, 6.45) is 1.04. The maximum Gasteiger partial charge on any atom is 0.276 e. The number of fused-ring (bicyclic) bond motifs is 1. The van der Waals surface area contributed by atoms with E-state index in [2.05, 4.69) is 17.8 Å². The monoisotopic (exact) mass is 455 g/mol. The number of nitrogens with two attached hydrogens (primary N) is 1. The van der Waals surface area contributed by atoms with E-state index in [1.807, 2.05) is 0 Å². The van der Waals surface area contributed by atoms with Gasteiger partial charge in [0.25, 0.3) is 11.8 Å². The minimum absolute atomic E-state index is 0.0141. The molecule has 5 nitrogen and oxygen atoms in total. The molecule has 2 heterocycles. The summed E-state index contributed by atoms with van der Waals surface area (Å²) < 4.78 is 61.7. The largest absolute Gasteiger partial charge is 0.355 e. The van der Waals surface area contributed by atoms with Crippen molar-refractivity contribution in [1.29, 1.82) is 0 Å². The van der Waals surface area contributed by atoms with Gasteiger partial charge in [-0.05, 0) is 30.9 Å². The van der Waals surface area contributed by atoms with Gasteiger partial charge in [-0.15, -0.1) is 0 Å². The Labute approximate surface area is 181 Å². The van der Waals surface area contributed by atoms with E-state index in [9.17, 15) is 22.4 Å². The number of rotatable bonds is 2. The van der Waals surface area contributed by atoms with Crippen molar-refractivity contribution in [2.75, 3.05) is 19.3 Å². The SMILES string of the molecule is CS.N[C@@H]1CCN(C(=O)c2noc3cccc(-c4c(F)cccc4F)c23)CCC1(F)F. The molecule has 1 aliphatic heterocycles. The number of thiol groups is 1. The summed E-state index contributed by atoms with van der Waals surface area (Å²) in [6, 6.07) is 6.56. The number of halogens is 4. The van der Waals surface area contributed by atoms with E-state index in [0.29, 0.717) is 0 Å². The Morgan fingerprint density at radius 2 is 1.81 bits per heavy atom. The molecule has 3 aromatic rings. The van der Waals surface area contributed by atoms with Gasteiger partial charge in [0.15, 0.2) is 11.3 Å². The first-order valence-corrected chi connectivity index (χ1v) is 10.4. The first-order chi connectivity index (χ1) is 14.8. The number of hydrogen-bond acceptors (Lipinski definition) is 5. The van der Waals surface area contributed by atoms with Crippen molar-refractivity contribution in [1.82, 2.24) is 10.1 Å². The zero-order valence-corrected chi connectivity index (χ0v) is 17.5. The number of carbonyl (C=O) groups is 1. The Hall–Kier alpha value is -2.59. The van der Waals surface area contributed by atoms with Gasteiger partial charge in [0.2, 0.25) is 0 Å². The fourth-order valence-corrected chi connectivity index (χ4v) is 3.54. The predicted molar refractivity (Wildman–Crippen MR) is 112 cm³/mol. The molecule has 1 aliphatic rings. The number of hydrogen-bond donors (Lipinski definition) is 2. The Bertz CT molecular complexity index is 1070. The molecule has 10 heteroatoms. The Kier molecular flexibility index (Phi) is 6.90. The summed E-state index contributed by atoms with van der Waals surface area (Å²) in [6.45, 7) is -0.204. The normalized spacial score (nSPS) is 18.3. The van der Waals surface area contributed by atoms with Crippen LogP contribution in [0.1, 0.15) is 23.3 Å². The Morgan fingerprint density at radius 1 is 1.16 bits per heavy atom. The molecule has 0 unspecified atom stereocenters. The lowest BCUT2D eigenvalue weighted by molar-refractivity contribution is -0.0291. The highest BCUT2D eigenvalue weighted by Gasteiger charge is 2.40. The number of carbonyl (C=O) groups excluding carboxylic acids is 1. The minimum atomic E-state index is -3.08. The number of nitrogens with zero attached hydrogens (tertiary/aromatic N) is 2. The van der Waals surface area contributed by atoms with Crippen LogP contribution in [0.25, 0.3) is 22.1 Å². The average molecular weight is 455 g/mol. The first kappa shape index (κ1) is 23.1. The quantitative estimate of drug-likeness (QED) is 0.440. The topological polar surface area (TPSA) is 72.4 Å². The molecule has 1 aromatic heterocycles. The fourth-order valence-electron chi connectivity index (χ4n) is 3.54. The molecule has 2 N–H and O–H groups in total. The van der Waals surface area contributed by atoms with E-state index in [-0.39, 0.29) is 47.3 Å². The third-order valence-corrected chi connectivity index (χ3v) is 5.19. The standard InChI is InChI=1S/C20H17F4N3O2.CH4S/c21-12-4-2-5-13(22)16(12)11-3-1-6-14-17(11)18(26-29-14)19(28)27-9-7-15(25)20(23,24)8-10-27;1-2/h1-6,15H,7-10,25H2;2H,1H3/t15-;/m1./s1. The van der Waals surface area contributed by atoms with Crippen molar-refractivity contribution in [2.45, 2.75) is 24.8 Å². The van der Waals surface area contributed by atoms with E-state index in [1.165, 1.54) is 29.2 Å². The molecular formula is C21H21F4N3O2S. The molecule has 1 fully saturated rings. The highest BCUT2D eigenvalue weighted by atomic mass is 32.1. The predicted octanol–water partition coefficient (Wildman–Crippen LogP) is 4.52. The van der Waals surface area contributed by atoms with E-state index < -0.39 is 35.9 Å². The van der Waals surface area contributed by atoms with Crippen LogP contribution in [0.4, 0.5) is 17.6 Å². The molecule has 166 valence electrons. The third-order valence-electron chi connectivity index (χ3n) is 5.19. The van der Waals surface area contributed by atoms with Crippen LogP contribution < -0.4 is 5.73 Å². The molecule has 31 heavy (non-hydrogen) atoms. The molecule has 0 saturated carbocycles. The van der Waals surface area contributed by atoms with Crippen LogP contribution in [0.5, 0.6) is 0 Å². The van der Waals surface area contributed by atoms with Crippen LogP contribution >= 0.6 is 12.6 Å². The maximum absolute atomic E-state index is 14.4. The van der Waals surface area contributed by atoms with Crippen LogP contribution in [0.2, 0.25) is 0 Å². The minimum Gasteiger partial charge on any atom is -0.355 e. The molecule has 1 atom stereocenters. The summed E-state index contributed by atoms with van der Waals surface area (Å²) in [5.41, 5.74) is 5.26. The lowest BCUT2D eigenvalue weighted by atomic mass is 9.99. The highest BCUT2D eigenvalue weighted by molar-refractivity contribution is 7.79. The van der Waals surface area contributed by atoms with Crippen molar-refractivity contribution in [3.63, 3.8) is 0 Å². The second kappa shape index (κ2) is 9.27. The maximum atomic E-state index is 14.4. The third kappa shape index (κ3) is 4.40. The first-order valence-electron chi connectivity index (χ1n) is 9.50. The molecule has 0 radical (unpaired) electrons. The second-order valence-corrected chi connectivity index (χ2v) is 7.00. The van der Waals surface area contributed by atoms with Crippen molar-refractivity contribution in [2.24, 2.45) is 5.73 Å². The number of likely N-dealkylation sites (tertiary alicyclic amines) is 1. The highest BCUT2D eigenvalue weighted by Crippen LogP contribution is 2.35. The summed E-state index contributed by atoms with van der Waals surface area (Å²) in [4.78, 5) is 14.2. The number of aromatic nitrogens is 1. The van der Waals surface area contributed by atoms with Gasteiger partial charge in [0.05, 0.1) is 17.0 Å². The lowest BCUT2D eigenvalue weighted by Crippen LogP contribution is -2.40. The van der Waals surface area contributed by atoms with Crippen LogP contribution in [0.15, 0.2) is 40.9 Å². The van der Waals surface area contributed by atoms with Crippen LogP contribution in [0.3, 0.4) is 0 Å². The molecule has 0 aliphatic carbocycles. The summed E-state index contributed by atoms with van der Waals surface area (Å²) >= 11 is 3.53. The van der Waals surface area contributed by atoms with Gasteiger partial charge in [0.1, 0.15) is 11.6 Å². The van der Waals surface area contributed by atoms with Gasteiger partial charge in [0, 0.05) is 25.1 Å². The second-order valence-electron chi connectivity index (χ2n) is 7.00. The zero-order valence-electron chi connectivity index (χ0n) is 16.6. The molecule has 4 rings (SSSR count). The van der Waals surface area contributed by atoms with Crippen LogP contribution in [-0.4, -0.2) is 47.3 Å². The van der Waals surface area contributed by atoms with E-state index >= 15 is 0 Å². The van der Waals surface area contributed by atoms with E-state index in [4.69, 9.17) is 10.3 Å². The van der Waals surface area contributed by atoms with Gasteiger partial charge >= 0.3 is 0 Å². The van der Waals surface area contributed by atoms with Crippen LogP contribution in [0, 0.1) is 11.6 Å². The van der Waals surface area contributed by atoms with Crippen molar-refractivity contribution in [3.05, 3.63) is 53.7 Å². The Morgan fingerprint density at radius 3 is 2.48 bits per heavy atom. The van der Waals surface area contributed by atoms with Crippen LogP contribution in [-0.2, 0) is 0 Å². The molecular weight excluding hydrogens is 434 g/mol. The van der Waals surface area contributed by atoms with Gasteiger partial charge in [-0.3, -0.25) is 4.79 Å². The molecule has 0 spiro atoms. The average Bonchev–Trinajstić information content (AvgIpc) is 3.13. The number of amides is 1. The molecule has 0 bridgehead atoms. The summed E-state index contributed by atoms with van der Waals surface area (Å²) in [5, 5.41) is 3.90. The number of benzene rings is 2. The fraction of sp³-hybridized carbons (Fsp3) is 0.333. The van der Waals surface area contributed by atoms with Gasteiger partial charge in [-0.2, -0.15) is 12.6 Å². The summed E-state index contributed by atoms with van der Waals surface area (Å²) in [7, 11) is 0. The van der Waals surface area contributed by atoms with E-state index in [0.717, 1.165) is 12.1 Å². The lowest BCUT2D eigenvalue weighted by Gasteiger charge is -2.20. The molecule has 1 saturated heterocycles. The smallest absolute Gasteiger partial charge is 0.276 e. The van der Waals surface area contributed by atoms with Crippen molar-refractivity contribution >= 4 is 29.5 Å². The number of alkyl halides is 2. The van der Waals surface area contributed by atoms with E-state index in [1.54, 1.807) is 6.26 Å². The Balaban J connectivity index is 0.00000132. The van der Waals surface area contributed by atoms with Gasteiger partial charge in [-0.1, -0.05) is 23.4 Å². The molecule has 2 aromatic carbocycles. The summed E-state index contributed by atoms with van der Waals surface area (Å²) in [5.74, 6) is -5.35. The van der Waals surface area contributed by atoms with Gasteiger partial charge < -0.3 is 15.2 Å². The van der Waals surface area contributed by atoms with Gasteiger partial charge in [-0.25, -0.2) is 17.6 Å². The zero-order chi connectivity index (χ0) is 22.8. The molecule has 1 amide bonds. The van der Waals surface area contributed by atoms with Crippen molar-refractivity contribution < 1.29 is 26.9 Å².